The molecule has 0 bridgehead atoms. The van der Waals surface area contributed by atoms with Gasteiger partial charge < -0.3 is 10.1 Å². The number of hydrogen-bond donors (Lipinski definition) is 1. The van der Waals surface area contributed by atoms with Gasteiger partial charge in [-0.15, -0.1) is 11.8 Å². The summed E-state index contributed by atoms with van der Waals surface area (Å²) < 4.78 is 30.9. The number of hydrogen-bond acceptors (Lipinski definition) is 4. The molecule has 106 valence electrons. The second-order valence-corrected chi connectivity index (χ2v) is 5.38. The van der Waals surface area contributed by atoms with Gasteiger partial charge in [0.05, 0.1) is 7.11 Å². The zero-order valence-corrected chi connectivity index (χ0v) is 11.9. The highest BCUT2D eigenvalue weighted by molar-refractivity contribution is 7.99. The first-order valence-electron chi connectivity index (χ1n) is 5.78. The first-order valence-corrected chi connectivity index (χ1v) is 6.76. The lowest BCUT2D eigenvalue weighted by atomic mass is 10.00. The van der Waals surface area contributed by atoms with Gasteiger partial charge in [0.25, 0.3) is 0 Å². The molecular formula is C13H17F2NO2S. The molecule has 0 fully saturated rings. The third-order valence-electron chi connectivity index (χ3n) is 2.94. The highest BCUT2D eigenvalue weighted by atomic mass is 32.2. The number of halogens is 2. The quantitative estimate of drug-likeness (QED) is 0.645. The van der Waals surface area contributed by atoms with Crippen molar-refractivity contribution < 1.29 is 18.3 Å². The van der Waals surface area contributed by atoms with E-state index in [1.54, 1.807) is 14.0 Å². The predicted molar refractivity (Wildman–Crippen MR) is 71.2 cm³/mol. The Morgan fingerprint density at radius 1 is 1.47 bits per heavy atom. The molecule has 0 aliphatic rings. The molecule has 1 unspecified atom stereocenters. The molecule has 3 nitrogen and oxygen atoms in total. The number of methoxy groups -OCH3 is 1. The summed E-state index contributed by atoms with van der Waals surface area (Å²) in [5.41, 5.74) is -0.807. The number of nitrogens with one attached hydrogen (secondary N) is 1. The Balaban J connectivity index is 2.60. The van der Waals surface area contributed by atoms with E-state index < -0.39 is 17.2 Å². The Morgan fingerprint density at radius 2 is 2.16 bits per heavy atom. The van der Waals surface area contributed by atoms with Crippen LogP contribution in [0.3, 0.4) is 0 Å². The lowest BCUT2D eigenvalue weighted by molar-refractivity contribution is -0.147. The molecule has 1 aromatic carbocycles. The van der Waals surface area contributed by atoms with Crippen LogP contribution in [-0.2, 0) is 9.53 Å². The van der Waals surface area contributed by atoms with Gasteiger partial charge in [-0.3, -0.25) is 4.79 Å². The number of carbonyl (C=O) groups is 1. The van der Waals surface area contributed by atoms with Crippen molar-refractivity contribution in [1.29, 1.82) is 0 Å². The molecule has 0 spiro atoms. The average molecular weight is 289 g/mol. The van der Waals surface area contributed by atoms with Crippen LogP contribution in [0.5, 0.6) is 0 Å². The molecule has 1 aromatic rings. The van der Waals surface area contributed by atoms with Gasteiger partial charge in [-0.2, -0.15) is 0 Å². The van der Waals surface area contributed by atoms with Crippen LogP contribution in [-0.4, -0.2) is 31.4 Å². The van der Waals surface area contributed by atoms with E-state index >= 15 is 0 Å². The fraction of sp³-hybridized carbons (Fsp3) is 0.462. The van der Waals surface area contributed by atoms with Gasteiger partial charge in [0, 0.05) is 16.7 Å². The summed E-state index contributed by atoms with van der Waals surface area (Å²) in [7, 11) is 2.99. The van der Waals surface area contributed by atoms with Crippen LogP contribution in [0.1, 0.15) is 13.3 Å². The number of likely N-dealkylation sites (N-methyl/N-ethyl adjacent to an activating group) is 1. The monoisotopic (exact) mass is 289 g/mol. The SMILES string of the molecule is CNC(C)(CCSc1ccc(F)cc1F)C(=O)OC. The number of ether oxygens (including phenoxy) is 1. The molecule has 0 aromatic heterocycles. The normalized spacial score (nSPS) is 13.9. The highest BCUT2D eigenvalue weighted by Gasteiger charge is 2.31. The van der Waals surface area contributed by atoms with Crippen molar-refractivity contribution in [1.82, 2.24) is 5.32 Å². The smallest absolute Gasteiger partial charge is 0.325 e. The van der Waals surface area contributed by atoms with Crippen molar-refractivity contribution in [2.24, 2.45) is 0 Å². The molecular weight excluding hydrogens is 272 g/mol. The summed E-state index contributed by atoms with van der Waals surface area (Å²) in [4.78, 5) is 12.0. The summed E-state index contributed by atoms with van der Waals surface area (Å²) in [6.45, 7) is 1.72. The van der Waals surface area contributed by atoms with Crippen molar-refractivity contribution in [2.45, 2.75) is 23.8 Å². The lowest BCUT2D eigenvalue weighted by Gasteiger charge is -2.25. The van der Waals surface area contributed by atoms with E-state index in [1.807, 2.05) is 0 Å². The molecule has 0 aliphatic carbocycles. The number of benzene rings is 1. The van der Waals surface area contributed by atoms with Crippen molar-refractivity contribution in [3.63, 3.8) is 0 Å². The number of rotatable bonds is 6. The van der Waals surface area contributed by atoms with Crippen LogP contribution in [0.2, 0.25) is 0 Å². The van der Waals surface area contributed by atoms with Gasteiger partial charge in [-0.25, -0.2) is 8.78 Å². The number of esters is 1. The molecule has 0 saturated heterocycles. The van der Waals surface area contributed by atoms with E-state index in [-0.39, 0.29) is 5.97 Å². The third kappa shape index (κ3) is 4.18. The lowest BCUT2D eigenvalue weighted by Crippen LogP contribution is -2.48. The maximum absolute atomic E-state index is 13.4. The summed E-state index contributed by atoms with van der Waals surface area (Å²) in [5, 5.41) is 2.90. The van der Waals surface area contributed by atoms with Crippen LogP contribution in [0, 0.1) is 11.6 Å². The predicted octanol–water partition coefficient (Wildman–Crippen LogP) is 2.60. The van der Waals surface area contributed by atoms with Gasteiger partial charge in [0.1, 0.15) is 17.2 Å². The summed E-state index contributed by atoms with van der Waals surface area (Å²) >= 11 is 1.24. The molecule has 0 radical (unpaired) electrons. The Labute approximate surface area is 115 Å². The number of thioether (sulfide) groups is 1. The summed E-state index contributed by atoms with van der Waals surface area (Å²) in [6, 6.07) is 3.45. The van der Waals surface area contributed by atoms with Gasteiger partial charge in [-0.1, -0.05) is 0 Å². The first kappa shape index (κ1) is 15.9. The number of carbonyl (C=O) groups excluding carboxylic acids is 1. The minimum atomic E-state index is -0.807. The molecule has 6 heteroatoms. The van der Waals surface area contributed by atoms with Crippen molar-refractivity contribution in [3.8, 4) is 0 Å². The van der Waals surface area contributed by atoms with E-state index in [4.69, 9.17) is 4.74 Å². The van der Waals surface area contributed by atoms with E-state index in [1.165, 1.54) is 31.0 Å². The van der Waals surface area contributed by atoms with Crippen LogP contribution >= 0.6 is 11.8 Å². The molecule has 19 heavy (non-hydrogen) atoms. The standard InChI is InChI=1S/C13H17F2NO2S/c1-13(16-2,12(17)18-3)6-7-19-11-5-4-9(14)8-10(11)15/h4-5,8,16H,6-7H2,1-3H3. The molecule has 1 N–H and O–H groups in total. The molecule has 0 aliphatic heterocycles. The Hall–Kier alpha value is -1.14. The van der Waals surface area contributed by atoms with Crippen LogP contribution in [0.15, 0.2) is 23.1 Å². The largest absolute Gasteiger partial charge is 0.468 e. The Morgan fingerprint density at radius 3 is 2.68 bits per heavy atom. The van der Waals surface area contributed by atoms with Crippen molar-refractivity contribution in [2.75, 3.05) is 19.9 Å². The average Bonchev–Trinajstić information content (AvgIpc) is 2.40. The first-order chi connectivity index (χ1) is 8.92. The van der Waals surface area contributed by atoms with Gasteiger partial charge in [0.2, 0.25) is 0 Å². The maximum Gasteiger partial charge on any atom is 0.325 e. The second-order valence-electron chi connectivity index (χ2n) is 4.25. The maximum atomic E-state index is 13.4. The zero-order valence-electron chi connectivity index (χ0n) is 11.1. The highest BCUT2D eigenvalue weighted by Crippen LogP contribution is 2.25. The topological polar surface area (TPSA) is 38.3 Å². The van der Waals surface area contributed by atoms with Crippen molar-refractivity contribution >= 4 is 17.7 Å². The Bertz CT molecular complexity index is 456. The Kier molecular flexibility index (Phi) is 5.75. The molecule has 1 rings (SSSR count). The van der Waals surface area contributed by atoms with Gasteiger partial charge in [-0.05, 0) is 32.5 Å². The molecule has 1 atom stereocenters. The van der Waals surface area contributed by atoms with E-state index in [2.05, 4.69) is 5.32 Å². The van der Waals surface area contributed by atoms with Crippen LogP contribution in [0.25, 0.3) is 0 Å². The van der Waals surface area contributed by atoms with Crippen LogP contribution in [0.4, 0.5) is 8.78 Å². The van der Waals surface area contributed by atoms with Crippen molar-refractivity contribution in [3.05, 3.63) is 29.8 Å². The van der Waals surface area contributed by atoms with E-state index in [9.17, 15) is 13.6 Å². The fourth-order valence-electron chi connectivity index (χ4n) is 1.51. The fourth-order valence-corrected chi connectivity index (χ4v) is 2.60. The molecule has 0 saturated carbocycles. The van der Waals surface area contributed by atoms with Gasteiger partial charge in [0.15, 0.2) is 0 Å². The zero-order chi connectivity index (χ0) is 14.5. The third-order valence-corrected chi connectivity index (χ3v) is 3.99. The minimum Gasteiger partial charge on any atom is -0.468 e. The summed E-state index contributed by atoms with van der Waals surface area (Å²) in [6.07, 6.45) is 0.470. The molecule has 0 heterocycles. The summed E-state index contributed by atoms with van der Waals surface area (Å²) in [5.74, 6) is -1.05. The van der Waals surface area contributed by atoms with Crippen LogP contribution < -0.4 is 5.32 Å². The molecule has 0 amide bonds. The second kappa shape index (κ2) is 6.86. The van der Waals surface area contributed by atoms with Gasteiger partial charge >= 0.3 is 5.97 Å². The van der Waals surface area contributed by atoms with E-state index in [0.717, 1.165) is 6.07 Å². The minimum absolute atomic E-state index is 0.365. The van der Waals surface area contributed by atoms with E-state index in [0.29, 0.717) is 17.1 Å².